The second kappa shape index (κ2) is 18.2. The van der Waals surface area contributed by atoms with Crippen LogP contribution in [0.2, 0.25) is 18.1 Å². The van der Waals surface area contributed by atoms with Crippen molar-refractivity contribution in [3.05, 3.63) is 84.4 Å². The molecule has 0 saturated carbocycles. The fourth-order valence-electron chi connectivity index (χ4n) is 4.80. The average molecular weight is 667 g/mol. The maximum atomic E-state index is 12.9. The van der Waals surface area contributed by atoms with E-state index in [2.05, 4.69) is 52.3 Å². The molecule has 6 atom stereocenters. The van der Waals surface area contributed by atoms with E-state index in [4.69, 9.17) is 32.8 Å². The van der Waals surface area contributed by atoms with Crippen LogP contribution in [-0.4, -0.2) is 70.8 Å². The van der Waals surface area contributed by atoms with Crippen molar-refractivity contribution in [3.8, 4) is 11.8 Å². The minimum Gasteiger partial charge on any atom is -0.469 e. The Morgan fingerprint density at radius 1 is 1.00 bits per heavy atom. The number of ether oxygens (including phenoxy) is 6. The van der Waals surface area contributed by atoms with Crippen LogP contribution in [0, 0.1) is 11.8 Å². The molecule has 1 heterocycles. The number of esters is 1. The first-order valence-corrected chi connectivity index (χ1v) is 18.9. The van der Waals surface area contributed by atoms with Crippen molar-refractivity contribution in [1.29, 1.82) is 0 Å². The number of hydrogen-bond acceptors (Lipinski definition) is 9. The molecular formula is C37H50O9Si. The van der Waals surface area contributed by atoms with Gasteiger partial charge in [0.15, 0.2) is 14.4 Å². The Bertz CT molecular complexity index is 1330. The van der Waals surface area contributed by atoms with Gasteiger partial charge in [0, 0.05) is 6.42 Å². The first-order chi connectivity index (χ1) is 22.3. The van der Waals surface area contributed by atoms with E-state index >= 15 is 0 Å². The van der Waals surface area contributed by atoms with E-state index in [1.165, 1.54) is 13.2 Å². The molecule has 9 nitrogen and oxygen atoms in total. The highest BCUT2D eigenvalue weighted by atomic mass is 28.4. The number of carbonyl (C=O) groups is 2. The van der Waals surface area contributed by atoms with Gasteiger partial charge in [0.05, 0.1) is 39.0 Å². The summed E-state index contributed by atoms with van der Waals surface area (Å²) in [6, 6.07) is 19.5. The zero-order chi connectivity index (χ0) is 34.5. The summed E-state index contributed by atoms with van der Waals surface area (Å²) >= 11 is 0. The zero-order valence-electron chi connectivity index (χ0n) is 28.7. The van der Waals surface area contributed by atoms with Crippen LogP contribution in [-0.2, 0) is 50.9 Å². The molecule has 0 N–H and O–H groups in total. The molecule has 0 spiro atoms. The van der Waals surface area contributed by atoms with Gasteiger partial charge in [-0.05, 0) is 36.2 Å². The predicted octanol–water partition coefficient (Wildman–Crippen LogP) is 7.00. The molecule has 0 radical (unpaired) electrons. The third-order valence-corrected chi connectivity index (χ3v) is 12.9. The Morgan fingerprint density at radius 3 is 2.15 bits per heavy atom. The highest BCUT2D eigenvalue weighted by Crippen LogP contribution is 2.37. The maximum Gasteiger partial charge on any atom is 0.509 e. The van der Waals surface area contributed by atoms with E-state index < -0.39 is 57.1 Å². The molecule has 0 bridgehead atoms. The van der Waals surface area contributed by atoms with E-state index in [1.807, 2.05) is 67.6 Å². The summed E-state index contributed by atoms with van der Waals surface area (Å²) < 4.78 is 41.9. The van der Waals surface area contributed by atoms with Gasteiger partial charge in [-0.2, -0.15) is 0 Å². The van der Waals surface area contributed by atoms with Gasteiger partial charge >= 0.3 is 12.1 Å². The topological polar surface area (TPSA) is 98.8 Å². The van der Waals surface area contributed by atoms with Crippen molar-refractivity contribution in [1.82, 2.24) is 0 Å². The lowest BCUT2D eigenvalue weighted by molar-refractivity contribution is -0.227. The third kappa shape index (κ3) is 12.3. The molecular weight excluding hydrogens is 616 g/mol. The minimum atomic E-state index is -2.15. The number of benzene rings is 2. The zero-order valence-corrected chi connectivity index (χ0v) is 29.7. The molecule has 47 heavy (non-hydrogen) atoms. The highest BCUT2D eigenvalue weighted by Gasteiger charge is 2.46. The van der Waals surface area contributed by atoms with E-state index in [-0.39, 0.29) is 24.7 Å². The van der Waals surface area contributed by atoms with Crippen molar-refractivity contribution < 1.29 is 42.4 Å². The Morgan fingerprint density at radius 2 is 1.60 bits per heavy atom. The molecule has 256 valence electrons. The SMILES string of the molecule is C=CCOC(=O)OC(C#C[C@@H](C)O[Si](C)(C)C(C)(C)C)[C@@H]1O[C@H](CC(=O)OC)C[C@H](OCc2ccccc2)[C@H]1OCc1ccccc1. The van der Waals surface area contributed by atoms with Crippen molar-refractivity contribution in [2.75, 3.05) is 13.7 Å². The molecule has 3 rings (SSSR count). The van der Waals surface area contributed by atoms with Gasteiger partial charge in [-0.25, -0.2) is 4.79 Å². The van der Waals surface area contributed by atoms with Crippen LogP contribution < -0.4 is 0 Å². The Labute approximate surface area is 281 Å². The second-order valence-electron chi connectivity index (χ2n) is 13.0. The van der Waals surface area contributed by atoms with Gasteiger partial charge in [0.25, 0.3) is 0 Å². The fourth-order valence-corrected chi connectivity index (χ4v) is 6.10. The Balaban J connectivity index is 2.02. The largest absolute Gasteiger partial charge is 0.509 e. The summed E-state index contributed by atoms with van der Waals surface area (Å²) in [7, 11) is -0.826. The first kappa shape index (κ1) is 38.0. The van der Waals surface area contributed by atoms with Gasteiger partial charge in [-0.15, -0.1) is 0 Å². The van der Waals surface area contributed by atoms with E-state index in [9.17, 15) is 9.59 Å². The van der Waals surface area contributed by atoms with Gasteiger partial charge in [0.1, 0.15) is 24.9 Å². The lowest BCUT2D eigenvalue weighted by Gasteiger charge is -2.42. The van der Waals surface area contributed by atoms with Crippen molar-refractivity contribution in [3.63, 3.8) is 0 Å². The molecule has 10 heteroatoms. The van der Waals surface area contributed by atoms with Crippen LogP contribution in [0.5, 0.6) is 0 Å². The summed E-state index contributed by atoms with van der Waals surface area (Å²) in [6.07, 6.45) is -3.67. The summed E-state index contributed by atoms with van der Waals surface area (Å²) in [5, 5.41) is -0.0272. The summed E-state index contributed by atoms with van der Waals surface area (Å²) in [5.74, 6) is 5.81. The van der Waals surface area contributed by atoms with E-state index in [0.717, 1.165) is 11.1 Å². The standard InChI is InChI=1S/C37H50O9Si/c1-9-22-41-36(39)45-31(21-20-27(2)46-47(7,8)37(3,4)5)35-34(43-26-29-18-14-11-15-19-29)32(23-30(44-35)24-33(38)40-6)42-25-28-16-12-10-13-17-28/h9-19,27,30-32,34-35H,1,22-26H2,2-8H3/t27-,30+,31?,32+,34-,35+/m1/s1. The monoisotopic (exact) mass is 666 g/mol. The summed E-state index contributed by atoms with van der Waals surface area (Å²) in [4.78, 5) is 25.3. The number of carbonyl (C=O) groups excluding carboxylic acids is 2. The quantitative estimate of drug-likeness (QED) is 0.0914. The number of rotatable bonds is 14. The molecule has 1 unspecified atom stereocenters. The molecule has 2 aromatic rings. The van der Waals surface area contributed by atoms with Crippen LogP contribution >= 0.6 is 0 Å². The Kier molecular flexibility index (Phi) is 14.7. The van der Waals surface area contributed by atoms with Crippen molar-refractivity contribution in [2.45, 2.75) is 109 Å². The lowest BCUT2D eigenvalue weighted by atomic mass is 9.92. The lowest BCUT2D eigenvalue weighted by Crippen LogP contribution is -2.56. The van der Waals surface area contributed by atoms with Crippen LogP contribution in [0.4, 0.5) is 4.79 Å². The summed E-state index contributed by atoms with van der Waals surface area (Å²) in [5.41, 5.74) is 1.91. The normalized spacial score (nSPS) is 21.0. The van der Waals surface area contributed by atoms with E-state index in [1.54, 1.807) is 0 Å². The second-order valence-corrected chi connectivity index (χ2v) is 17.8. The molecule has 1 fully saturated rings. The van der Waals surface area contributed by atoms with Gasteiger partial charge in [0.2, 0.25) is 0 Å². The van der Waals surface area contributed by atoms with Gasteiger partial charge in [-0.3, -0.25) is 4.79 Å². The number of methoxy groups -OCH3 is 1. The van der Waals surface area contributed by atoms with Crippen LogP contribution in [0.1, 0.15) is 51.7 Å². The molecule has 1 aliphatic heterocycles. The fraction of sp³-hybridized carbons (Fsp3) is 0.514. The number of hydrogen-bond donors (Lipinski definition) is 0. The molecule has 0 amide bonds. The smallest absolute Gasteiger partial charge is 0.469 e. The maximum absolute atomic E-state index is 12.9. The van der Waals surface area contributed by atoms with E-state index in [0.29, 0.717) is 13.0 Å². The van der Waals surface area contributed by atoms with Crippen molar-refractivity contribution >= 4 is 20.4 Å². The minimum absolute atomic E-state index is 0.0272. The molecule has 2 aromatic carbocycles. The molecule has 0 aliphatic carbocycles. The molecule has 1 saturated heterocycles. The van der Waals surface area contributed by atoms with Gasteiger partial charge < -0.3 is 32.8 Å². The highest BCUT2D eigenvalue weighted by molar-refractivity contribution is 6.74. The molecule has 1 aliphatic rings. The van der Waals surface area contributed by atoms with Gasteiger partial charge in [-0.1, -0.05) is 106 Å². The third-order valence-electron chi connectivity index (χ3n) is 8.30. The van der Waals surface area contributed by atoms with Crippen LogP contribution in [0.15, 0.2) is 73.3 Å². The Hall–Kier alpha value is -3.46. The average Bonchev–Trinajstić information content (AvgIpc) is 3.04. The van der Waals surface area contributed by atoms with Crippen molar-refractivity contribution in [2.24, 2.45) is 0 Å². The van der Waals surface area contributed by atoms with Crippen LogP contribution in [0.25, 0.3) is 0 Å². The van der Waals surface area contributed by atoms with Crippen LogP contribution in [0.3, 0.4) is 0 Å². The first-order valence-electron chi connectivity index (χ1n) is 16.0. The summed E-state index contributed by atoms with van der Waals surface area (Å²) in [6.45, 7) is 16.7. The predicted molar refractivity (Wildman–Crippen MR) is 182 cm³/mol. The molecule has 0 aromatic heterocycles.